The second kappa shape index (κ2) is 4.15. The van der Waals surface area contributed by atoms with Crippen molar-refractivity contribution in [2.45, 2.75) is 38.7 Å². The number of aromatic nitrogens is 2. The standard InChI is InChI=1S/C14H18N2O/c1-3-12-10(7-8-17-12)14-15-11-6-4-5-9(2)13(11)16-14/h4-6,10,12H,3,7-8H2,1-2H3,(H,15,16). The molecule has 0 amide bonds. The highest BCUT2D eigenvalue weighted by Crippen LogP contribution is 2.32. The van der Waals surface area contributed by atoms with Gasteiger partial charge in [-0.05, 0) is 31.4 Å². The SMILES string of the molecule is CCC1OCCC1c1nc2c(C)cccc2[nH]1. The van der Waals surface area contributed by atoms with Crippen molar-refractivity contribution < 1.29 is 4.74 Å². The van der Waals surface area contributed by atoms with Gasteiger partial charge in [-0.3, -0.25) is 0 Å². The quantitative estimate of drug-likeness (QED) is 0.860. The highest BCUT2D eigenvalue weighted by Gasteiger charge is 2.30. The number of aryl methyl sites for hydroxylation is 1. The minimum atomic E-state index is 0.330. The number of imidazole rings is 1. The molecule has 90 valence electrons. The first kappa shape index (κ1) is 10.8. The first-order chi connectivity index (χ1) is 8.29. The van der Waals surface area contributed by atoms with Gasteiger partial charge in [0.05, 0.1) is 17.1 Å². The van der Waals surface area contributed by atoms with Crippen LogP contribution in [0.1, 0.15) is 37.1 Å². The first-order valence-corrected chi connectivity index (χ1v) is 6.36. The van der Waals surface area contributed by atoms with E-state index in [9.17, 15) is 0 Å². The summed E-state index contributed by atoms with van der Waals surface area (Å²) in [6.45, 7) is 5.14. The number of rotatable bonds is 2. The van der Waals surface area contributed by atoms with Gasteiger partial charge >= 0.3 is 0 Å². The van der Waals surface area contributed by atoms with Crippen molar-refractivity contribution in [1.29, 1.82) is 0 Å². The van der Waals surface area contributed by atoms with Crippen LogP contribution >= 0.6 is 0 Å². The summed E-state index contributed by atoms with van der Waals surface area (Å²) in [5, 5.41) is 0. The Kier molecular flexibility index (Phi) is 2.63. The van der Waals surface area contributed by atoms with E-state index in [1.165, 1.54) is 5.56 Å². The molecule has 1 aromatic heterocycles. The Bertz CT molecular complexity index is 532. The van der Waals surface area contributed by atoms with Gasteiger partial charge < -0.3 is 9.72 Å². The molecule has 2 heterocycles. The van der Waals surface area contributed by atoms with Crippen molar-refractivity contribution in [3.8, 4) is 0 Å². The molecule has 1 aromatic carbocycles. The first-order valence-electron chi connectivity index (χ1n) is 6.36. The van der Waals surface area contributed by atoms with Crippen molar-refractivity contribution in [2.75, 3.05) is 6.61 Å². The lowest BCUT2D eigenvalue weighted by Crippen LogP contribution is -2.14. The summed E-state index contributed by atoms with van der Waals surface area (Å²) in [5.41, 5.74) is 3.47. The minimum absolute atomic E-state index is 0.330. The Balaban J connectivity index is 2.03. The lowest BCUT2D eigenvalue weighted by Gasteiger charge is -2.13. The van der Waals surface area contributed by atoms with Crippen LogP contribution < -0.4 is 0 Å². The Morgan fingerprint density at radius 1 is 1.47 bits per heavy atom. The number of aromatic amines is 1. The average molecular weight is 230 g/mol. The fourth-order valence-corrected chi connectivity index (χ4v) is 2.73. The zero-order valence-corrected chi connectivity index (χ0v) is 10.4. The van der Waals surface area contributed by atoms with E-state index < -0.39 is 0 Å². The van der Waals surface area contributed by atoms with Crippen LogP contribution in [0.3, 0.4) is 0 Å². The normalized spacial score (nSPS) is 24.6. The van der Waals surface area contributed by atoms with Crippen molar-refractivity contribution in [1.82, 2.24) is 9.97 Å². The van der Waals surface area contributed by atoms with Crippen LogP contribution in [-0.4, -0.2) is 22.7 Å². The fourth-order valence-electron chi connectivity index (χ4n) is 2.73. The van der Waals surface area contributed by atoms with Crippen molar-refractivity contribution in [3.63, 3.8) is 0 Å². The molecule has 1 aliphatic heterocycles. The van der Waals surface area contributed by atoms with Gasteiger partial charge in [0.15, 0.2) is 0 Å². The third-order valence-electron chi connectivity index (χ3n) is 3.70. The Hall–Kier alpha value is -1.35. The van der Waals surface area contributed by atoms with Crippen molar-refractivity contribution in [3.05, 3.63) is 29.6 Å². The number of H-pyrrole nitrogens is 1. The van der Waals surface area contributed by atoms with E-state index >= 15 is 0 Å². The molecule has 2 unspecified atom stereocenters. The molecule has 3 heteroatoms. The average Bonchev–Trinajstić information content (AvgIpc) is 2.94. The van der Waals surface area contributed by atoms with Gasteiger partial charge in [0.2, 0.25) is 0 Å². The molecular weight excluding hydrogens is 212 g/mol. The lowest BCUT2D eigenvalue weighted by molar-refractivity contribution is 0.0996. The number of fused-ring (bicyclic) bond motifs is 1. The van der Waals surface area contributed by atoms with Crippen molar-refractivity contribution in [2.24, 2.45) is 0 Å². The molecule has 0 bridgehead atoms. The number of benzene rings is 1. The van der Waals surface area contributed by atoms with Crippen molar-refractivity contribution >= 4 is 11.0 Å². The highest BCUT2D eigenvalue weighted by atomic mass is 16.5. The van der Waals surface area contributed by atoms with E-state index in [4.69, 9.17) is 9.72 Å². The van der Waals surface area contributed by atoms with Crippen LogP contribution in [0.25, 0.3) is 11.0 Å². The smallest absolute Gasteiger partial charge is 0.113 e. The van der Waals surface area contributed by atoms with Crippen LogP contribution in [-0.2, 0) is 4.74 Å². The van der Waals surface area contributed by atoms with E-state index in [2.05, 4.69) is 37.0 Å². The Labute approximate surface area is 101 Å². The van der Waals surface area contributed by atoms with Crippen LogP contribution in [0.15, 0.2) is 18.2 Å². The maximum atomic E-state index is 5.74. The summed E-state index contributed by atoms with van der Waals surface area (Å²) >= 11 is 0. The largest absolute Gasteiger partial charge is 0.377 e. The molecular formula is C14H18N2O. The number of hydrogen-bond acceptors (Lipinski definition) is 2. The molecule has 0 saturated carbocycles. The van der Waals surface area contributed by atoms with Crippen LogP contribution in [0.2, 0.25) is 0 Å². The molecule has 2 aromatic rings. The minimum Gasteiger partial charge on any atom is -0.377 e. The summed E-state index contributed by atoms with van der Waals surface area (Å²) in [6, 6.07) is 6.27. The van der Waals surface area contributed by atoms with Crippen LogP contribution in [0.5, 0.6) is 0 Å². The third-order valence-corrected chi connectivity index (χ3v) is 3.70. The molecule has 1 saturated heterocycles. The van der Waals surface area contributed by atoms with E-state index in [0.29, 0.717) is 12.0 Å². The molecule has 3 rings (SSSR count). The van der Waals surface area contributed by atoms with Gasteiger partial charge in [-0.25, -0.2) is 4.98 Å². The second-order valence-corrected chi connectivity index (χ2v) is 4.81. The van der Waals surface area contributed by atoms with E-state index in [0.717, 1.165) is 36.3 Å². The number of nitrogens with zero attached hydrogens (tertiary/aromatic N) is 1. The maximum absolute atomic E-state index is 5.74. The third kappa shape index (κ3) is 1.75. The van der Waals surface area contributed by atoms with Gasteiger partial charge in [-0.1, -0.05) is 19.1 Å². The summed E-state index contributed by atoms with van der Waals surface area (Å²) in [6.07, 6.45) is 2.47. The van der Waals surface area contributed by atoms with Gasteiger partial charge in [0.1, 0.15) is 5.82 Å². The predicted molar refractivity (Wildman–Crippen MR) is 68.2 cm³/mol. The molecule has 1 aliphatic rings. The van der Waals surface area contributed by atoms with E-state index in [-0.39, 0.29) is 0 Å². The Morgan fingerprint density at radius 3 is 3.12 bits per heavy atom. The number of hydrogen-bond donors (Lipinski definition) is 1. The monoisotopic (exact) mass is 230 g/mol. The topological polar surface area (TPSA) is 37.9 Å². The molecule has 2 atom stereocenters. The number of nitrogens with one attached hydrogen (secondary N) is 1. The highest BCUT2D eigenvalue weighted by molar-refractivity contribution is 5.78. The number of ether oxygens (including phenoxy) is 1. The fraction of sp³-hybridized carbons (Fsp3) is 0.500. The second-order valence-electron chi connectivity index (χ2n) is 4.81. The van der Waals surface area contributed by atoms with Crippen LogP contribution in [0, 0.1) is 6.92 Å². The summed E-state index contributed by atoms with van der Waals surface area (Å²) in [5.74, 6) is 1.53. The van der Waals surface area contributed by atoms with E-state index in [1.807, 2.05) is 0 Å². The molecule has 1 fully saturated rings. The van der Waals surface area contributed by atoms with Crippen LogP contribution in [0.4, 0.5) is 0 Å². The summed E-state index contributed by atoms with van der Waals surface area (Å²) in [7, 11) is 0. The summed E-state index contributed by atoms with van der Waals surface area (Å²) < 4.78 is 5.74. The lowest BCUT2D eigenvalue weighted by atomic mass is 9.99. The molecule has 0 spiro atoms. The maximum Gasteiger partial charge on any atom is 0.113 e. The molecule has 0 aliphatic carbocycles. The van der Waals surface area contributed by atoms with E-state index in [1.54, 1.807) is 0 Å². The summed E-state index contributed by atoms with van der Waals surface area (Å²) in [4.78, 5) is 8.21. The molecule has 0 radical (unpaired) electrons. The number of para-hydroxylation sites is 1. The zero-order chi connectivity index (χ0) is 11.8. The van der Waals surface area contributed by atoms with Gasteiger partial charge in [-0.15, -0.1) is 0 Å². The zero-order valence-electron chi connectivity index (χ0n) is 10.4. The predicted octanol–water partition coefficient (Wildman–Crippen LogP) is 3.15. The van der Waals surface area contributed by atoms with Gasteiger partial charge in [0.25, 0.3) is 0 Å². The molecule has 17 heavy (non-hydrogen) atoms. The van der Waals surface area contributed by atoms with Gasteiger partial charge in [-0.2, -0.15) is 0 Å². The molecule has 3 nitrogen and oxygen atoms in total. The Morgan fingerprint density at radius 2 is 2.35 bits per heavy atom. The van der Waals surface area contributed by atoms with Gasteiger partial charge in [0, 0.05) is 12.5 Å². The molecule has 1 N–H and O–H groups in total.